The Labute approximate surface area is 135 Å². The first-order valence-electron chi connectivity index (χ1n) is 6.13. The van der Waals surface area contributed by atoms with E-state index in [2.05, 4.69) is 35.0 Å². The Morgan fingerprint density at radius 2 is 1.80 bits per heavy atom. The van der Waals surface area contributed by atoms with Crippen LogP contribution in [0.1, 0.15) is 4.88 Å². The van der Waals surface area contributed by atoms with Crippen LogP contribution in [0.4, 0.5) is 0 Å². The molecule has 0 aliphatic carbocycles. The van der Waals surface area contributed by atoms with Crippen LogP contribution in [0.15, 0.2) is 53.0 Å². The summed E-state index contributed by atoms with van der Waals surface area (Å²) >= 11 is 11.2. The lowest BCUT2D eigenvalue weighted by Crippen LogP contribution is -1.81. The number of aromatic nitrogens is 1. The Balaban J connectivity index is 2.05. The molecule has 0 aliphatic heterocycles. The van der Waals surface area contributed by atoms with Crippen molar-refractivity contribution in [3.05, 3.63) is 62.9 Å². The van der Waals surface area contributed by atoms with Crippen LogP contribution in [0.3, 0.4) is 0 Å². The molecular formula is C16H11BrClNS. The minimum absolute atomic E-state index is 0.736. The van der Waals surface area contributed by atoms with E-state index < -0.39 is 0 Å². The predicted octanol–water partition coefficient (Wildman–Crippen LogP) is 6.20. The van der Waals surface area contributed by atoms with E-state index in [1.807, 2.05) is 36.4 Å². The molecule has 0 spiro atoms. The molecule has 100 valence electrons. The first kappa shape index (κ1) is 13.8. The van der Waals surface area contributed by atoms with Gasteiger partial charge in [-0.25, -0.2) is 4.98 Å². The number of hydrogen-bond donors (Lipinski definition) is 0. The van der Waals surface area contributed by atoms with Gasteiger partial charge in [-0.3, -0.25) is 0 Å². The van der Waals surface area contributed by atoms with Gasteiger partial charge >= 0.3 is 0 Å². The summed E-state index contributed by atoms with van der Waals surface area (Å²) in [6.45, 7) is 2.09. The van der Waals surface area contributed by atoms with Gasteiger partial charge in [0.15, 0.2) is 0 Å². The van der Waals surface area contributed by atoms with Crippen LogP contribution >= 0.6 is 38.9 Å². The van der Waals surface area contributed by atoms with Crippen LogP contribution in [0.5, 0.6) is 0 Å². The van der Waals surface area contributed by atoms with Gasteiger partial charge in [0.1, 0.15) is 5.01 Å². The van der Waals surface area contributed by atoms with Gasteiger partial charge in [-0.2, -0.15) is 0 Å². The maximum atomic E-state index is 6.06. The molecular weight excluding hydrogens is 354 g/mol. The zero-order valence-electron chi connectivity index (χ0n) is 10.7. The Morgan fingerprint density at radius 3 is 2.50 bits per heavy atom. The lowest BCUT2D eigenvalue weighted by atomic mass is 10.1. The topological polar surface area (TPSA) is 12.9 Å². The van der Waals surface area contributed by atoms with Crippen molar-refractivity contribution in [1.82, 2.24) is 4.98 Å². The molecule has 0 unspecified atom stereocenters. The van der Waals surface area contributed by atoms with Crippen LogP contribution in [0.25, 0.3) is 21.8 Å². The molecule has 0 amide bonds. The first-order chi connectivity index (χ1) is 9.63. The van der Waals surface area contributed by atoms with E-state index in [-0.39, 0.29) is 0 Å². The Bertz CT molecular complexity index is 749. The van der Waals surface area contributed by atoms with E-state index in [0.717, 1.165) is 31.3 Å². The average Bonchev–Trinajstić information content (AvgIpc) is 2.82. The molecule has 0 radical (unpaired) electrons. The van der Waals surface area contributed by atoms with Crippen molar-refractivity contribution in [3.8, 4) is 21.8 Å². The van der Waals surface area contributed by atoms with E-state index in [1.54, 1.807) is 11.3 Å². The lowest BCUT2D eigenvalue weighted by molar-refractivity contribution is 1.37. The third kappa shape index (κ3) is 2.80. The molecule has 0 saturated carbocycles. The maximum Gasteiger partial charge on any atom is 0.124 e. The molecule has 0 N–H and O–H groups in total. The second kappa shape index (κ2) is 5.68. The zero-order chi connectivity index (χ0) is 14.1. The van der Waals surface area contributed by atoms with Gasteiger partial charge in [0, 0.05) is 25.5 Å². The Kier molecular flexibility index (Phi) is 3.92. The molecule has 0 saturated heterocycles. The van der Waals surface area contributed by atoms with Crippen molar-refractivity contribution in [1.29, 1.82) is 0 Å². The van der Waals surface area contributed by atoms with Crippen molar-refractivity contribution >= 4 is 38.9 Å². The molecule has 3 rings (SSSR count). The molecule has 4 heteroatoms. The molecule has 1 nitrogen and oxygen atoms in total. The molecule has 0 atom stereocenters. The molecule has 0 aliphatic rings. The molecule has 2 aromatic carbocycles. The normalized spacial score (nSPS) is 10.8. The first-order valence-corrected chi connectivity index (χ1v) is 8.11. The monoisotopic (exact) mass is 363 g/mol. The summed E-state index contributed by atoms with van der Waals surface area (Å²) in [5, 5.41) is 1.77. The van der Waals surface area contributed by atoms with Crippen LogP contribution in [0, 0.1) is 6.92 Å². The third-order valence-electron chi connectivity index (χ3n) is 2.99. The summed E-state index contributed by atoms with van der Waals surface area (Å²) in [6.07, 6.45) is 0. The van der Waals surface area contributed by atoms with Crippen molar-refractivity contribution in [3.63, 3.8) is 0 Å². The summed E-state index contributed by atoms with van der Waals surface area (Å²) < 4.78 is 1.07. The van der Waals surface area contributed by atoms with E-state index in [4.69, 9.17) is 16.6 Å². The highest BCUT2D eigenvalue weighted by atomic mass is 79.9. The third-order valence-corrected chi connectivity index (χ3v) is 4.77. The van der Waals surface area contributed by atoms with Gasteiger partial charge in [0.2, 0.25) is 0 Å². The lowest BCUT2D eigenvalue weighted by Gasteiger charge is -1.99. The van der Waals surface area contributed by atoms with Crippen LogP contribution in [-0.2, 0) is 0 Å². The van der Waals surface area contributed by atoms with Crippen molar-refractivity contribution in [2.24, 2.45) is 0 Å². The number of benzene rings is 2. The van der Waals surface area contributed by atoms with E-state index in [1.165, 1.54) is 4.88 Å². The van der Waals surface area contributed by atoms with Crippen LogP contribution in [0.2, 0.25) is 5.02 Å². The smallest absolute Gasteiger partial charge is 0.124 e. The summed E-state index contributed by atoms with van der Waals surface area (Å²) in [4.78, 5) is 5.96. The van der Waals surface area contributed by atoms with Gasteiger partial charge in [0.05, 0.1) is 5.69 Å². The molecule has 0 fully saturated rings. The Morgan fingerprint density at radius 1 is 1.05 bits per heavy atom. The van der Waals surface area contributed by atoms with Crippen molar-refractivity contribution in [2.45, 2.75) is 6.92 Å². The zero-order valence-corrected chi connectivity index (χ0v) is 13.9. The summed E-state index contributed by atoms with van der Waals surface area (Å²) in [7, 11) is 0. The Hall–Kier alpha value is -1.16. The fourth-order valence-electron chi connectivity index (χ4n) is 2.02. The summed E-state index contributed by atoms with van der Waals surface area (Å²) in [6, 6.07) is 16.0. The molecule has 20 heavy (non-hydrogen) atoms. The molecule has 1 aromatic heterocycles. The fourth-order valence-corrected chi connectivity index (χ4v) is 3.41. The van der Waals surface area contributed by atoms with Gasteiger partial charge in [-0.1, -0.05) is 51.8 Å². The highest BCUT2D eigenvalue weighted by Crippen LogP contribution is 2.34. The number of hydrogen-bond acceptors (Lipinski definition) is 2. The van der Waals surface area contributed by atoms with Gasteiger partial charge < -0.3 is 0 Å². The van der Waals surface area contributed by atoms with E-state index in [0.29, 0.717) is 0 Å². The number of aryl methyl sites for hydroxylation is 1. The summed E-state index contributed by atoms with van der Waals surface area (Å²) in [5.74, 6) is 0. The molecule has 3 aromatic rings. The van der Waals surface area contributed by atoms with Gasteiger partial charge in [-0.05, 0) is 31.2 Å². The minimum atomic E-state index is 0.736. The quantitative estimate of drug-likeness (QED) is 0.527. The maximum absolute atomic E-state index is 6.06. The standard InChI is InChI=1S/C16H11BrClNS/c1-10-15(12-3-2-4-14(18)9-12)19-16(20-10)11-5-7-13(17)8-6-11/h2-9H,1H3. The van der Waals surface area contributed by atoms with Crippen LogP contribution < -0.4 is 0 Å². The van der Waals surface area contributed by atoms with Crippen LogP contribution in [-0.4, -0.2) is 4.98 Å². The van der Waals surface area contributed by atoms with Crippen molar-refractivity contribution in [2.75, 3.05) is 0 Å². The SMILES string of the molecule is Cc1sc(-c2ccc(Br)cc2)nc1-c1cccc(Cl)c1. The molecule has 0 bridgehead atoms. The number of halogens is 2. The molecule has 1 heterocycles. The number of rotatable bonds is 2. The number of nitrogens with zero attached hydrogens (tertiary/aromatic N) is 1. The van der Waals surface area contributed by atoms with E-state index >= 15 is 0 Å². The fraction of sp³-hybridized carbons (Fsp3) is 0.0625. The average molecular weight is 365 g/mol. The number of thiazole rings is 1. The van der Waals surface area contributed by atoms with Gasteiger partial charge in [0.25, 0.3) is 0 Å². The second-order valence-corrected chi connectivity index (χ2v) is 7.00. The second-order valence-electron chi connectivity index (χ2n) is 4.44. The highest BCUT2D eigenvalue weighted by Gasteiger charge is 2.11. The predicted molar refractivity (Wildman–Crippen MR) is 90.4 cm³/mol. The minimum Gasteiger partial charge on any atom is -0.236 e. The largest absolute Gasteiger partial charge is 0.236 e. The van der Waals surface area contributed by atoms with Gasteiger partial charge in [-0.15, -0.1) is 11.3 Å². The summed E-state index contributed by atoms with van der Waals surface area (Å²) in [5.41, 5.74) is 3.21. The highest BCUT2D eigenvalue weighted by molar-refractivity contribution is 9.10. The van der Waals surface area contributed by atoms with E-state index in [9.17, 15) is 0 Å². The van der Waals surface area contributed by atoms with Crippen molar-refractivity contribution < 1.29 is 0 Å².